The quantitative estimate of drug-likeness (QED) is 0.767. The lowest BCUT2D eigenvalue weighted by Gasteiger charge is -2.35. The zero-order valence-electron chi connectivity index (χ0n) is 10.3. The van der Waals surface area contributed by atoms with Crippen molar-refractivity contribution in [2.24, 2.45) is 0 Å². The summed E-state index contributed by atoms with van der Waals surface area (Å²) in [5, 5.41) is 1.30. The highest BCUT2D eigenvalue weighted by Gasteiger charge is 2.20. The van der Waals surface area contributed by atoms with Crippen LogP contribution in [-0.4, -0.2) is 17.5 Å². The van der Waals surface area contributed by atoms with E-state index in [4.69, 9.17) is 23.2 Å². The topological polar surface area (TPSA) is 3.24 Å². The van der Waals surface area contributed by atoms with Crippen LogP contribution in [0.15, 0.2) is 18.2 Å². The molecule has 17 heavy (non-hydrogen) atoms. The number of benzene rings is 1. The average Bonchev–Trinajstić information content (AvgIpc) is 2.34. The smallest absolute Gasteiger partial charge is 0.0595 e. The number of nitrogens with zero attached hydrogens (tertiary/aromatic N) is 1. The molecule has 0 aliphatic carbocycles. The van der Waals surface area contributed by atoms with Gasteiger partial charge in [-0.3, -0.25) is 4.90 Å². The SMILES string of the molecule is CCC1CCCCN1Cc1ccc(Cl)c(Cl)c1. The second kappa shape index (κ2) is 6.08. The van der Waals surface area contributed by atoms with Crippen LogP contribution in [0.25, 0.3) is 0 Å². The van der Waals surface area contributed by atoms with Gasteiger partial charge in [-0.1, -0.05) is 42.6 Å². The van der Waals surface area contributed by atoms with Gasteiger partial charge in [0, 0.05) is 12.6 Å². The lowest BCUT2D eigenvalue weighted by molar-refractivity contribution is 0.136. The monoisotopic (exact) mass is 271 g/mol. The van der Waals surface area contributed by atoms with Gasteiger partial charge in [0.25, 0.3) is 0 Å². The van der Waals surface area contributed by atoms with Crippen LogP contribution in [0.3, 0.4) is 0 Å². The van der Waals surface area contributed by atoms with Gasteiger partial charge in [0.1, 0.15) is 0 Å². The number of likely N-dealkylation sites (tertiary alicyclic amines) is 1. The van der Waals surface area contributed by atoms with Gasteiger partial charge >= 0.3 is 0 Å². The zero-order chi connectivity index (χ0) is 12.3. The summed E-state index contributed by atoms with van der Waals surface area (Å²) < 4.78 is 0. The molecule has 1 aromatic carbocycles. The number of hydrogen-bond donors (Lipinski definition) is 0. The van der Waals surface area contributed by atoms with E-state index in [0.717, 1.165) is 12.6 Å². The van der Waals surface area contributed by atoms with Crippen LogP contribution < -0.4 is 0 Å². The van der Waals surface area contributed by atoms with Gasteiger partial charge in [-0.15, -0.1) is 0 Å². The van der Waals surface area contributed by atoms with E-state index in [1.54, 1.807) is 0 Å². The third-order valence-corrected chi connectivity index (χ3v) is 4.33. The van der Waals surface area contributed by atoms with Crippen LogP contribution in [-0.2, 0) is 6.54 Å². The van der Waals surface area contributed by atoms with E-state index < -0.39 is 0 Å². The van der Waals surface area contributed by atoms with E-state index in [9.17, 15) is 0 Å². The minimum absolute atomic E-state index is 0.640. The first-order chi connectivity index (χ1) is 8.20. The Morgan fingerprint density at radius 2 is 2.06 bits per heavy atom. The molecule has 1 aromatic rings. The Morgan fingerprint density at radius 1 is 1.24 bits per heavy atom. The molecule has 1 nitrogen and oxygen atoms in total. The Balaban J connectivity index is 2.05. The first-order valence-corrected chi connectivity index (χ1v) is 7.14. The lowest BCUT2D eigenvalue weighted by atomic mass is 9.99. The summed E-state index contributed by atoms with van der Waals surface area (Å²) in [7, 11) is 0. The summed E-state index contributed by atoms with van der Waals surface area (Å²) in [6.07, 6.45) is 5.26. The average molecular weight is 272 g/mol. The molecule has 3 heteroatoms. The largest absolute Gasteiger partial charge is 0.296 e. The molecule has 1 aliphatic heterocycles. The van der Waals surface area contributed by atoms with Crippen molar-refractivity contribution in [3.8, 4) is 0 Å². The van der Waals surface area contributed by atoms with E-state index in [0.29, 0.717) is 10.0 Å². The highest BCUT2D eigenvalue weighted by Crippen LogP contribution is 2.26. The fourth-order valence-electron chi connectivity index (χ4n) is 2.60. The molecule has 1 heterocycles. The van der Waals surface area contributed by atoms with Crippen molar-refractivity contribution in [2.75, 3.05) is 6.54 Å². The molecule has 94 valence electrons. The van der Waals surface area contributed by atoms with Gasteiger partial charge in [0.05, 0.1) is 10.0 Å². The Bertz CT molecular complexity index is 378. The number of rotatable bonds is 3. The molecule has 0 N–H and O–H groups in total. The van der Waals surface area contributed by atoms with Crippen molar-refractivity contribution in [2.45, 2.75) is 45.2 Å². The normalized spacial score (nSPS) is 21.7. The van der Waals surface area contributed by atoms with E-state index in [2.05, 4.69) is 17.9 Å². The third-order valence-electron chi connectivity index (χ3n) is 3.59. The van der Waals surface area contributed by atoms with Crippen molar-refractivity contribution in [3.63, 3.8) is 0 Å². The molecule has 1 aliphatic rings. The zero-order valence-corrected chi connectivity index (χ0v) is 11.8. The standard InChI is InChI=1S/C14H19Cl2N/c1-2-12-5-3-4-8-17(12)10-11-6-7-13(15)14(16)9-11/h6-7,9,12H,2-5,8,10H2,1H3. The number of piperidine rings is 1. The van der Waals surface area contributed by atoms with Gasteiger partial charge in [-0.05, 0) is 43.5 Å². The van der Waals surface area contributed by atoms with Gasteiger partial charge in [0.2, 0.25) is 0 Å². The molecule has 0 spiro atoms. The van der Waals surface area contributed by atoms with E-state index >= 15 is 0 Å². The van der Waals surface area contributed by atoms with E-state index in [-0.39, 0.29) is 0 Å². The molecule has 1 unspecified atom stereocenters. The third kappa shape index (κ3) is 3.37. The summed E-state index contributed by atoms with van der Waals surface area (Å²) >= 11 is 12.0. The van der Waals surface area contributed by atoms with Gasteiger partial charge in [0.15, 0.2) is 0 Å². The molecular formula is C14H19Cl2N. The molecule has 1 saturated heterocycles. The second-order valence-electron chi connectivity index (χ2n) is 4.78. The van der Waals surface area contributed by atoms with Crippen LogP contribution in [0.1, 0.15) is 38.2 Å². The summed E-state index contributed by atoms with van der Waals surface area (Å²) in [5.41, 5.74) is 1.26. The van der Waals surface area contributed by atoms with Gasteiger partial charge < -0.3 is 0 Å². The van der Waals surface area contributed by atoms with Gasteiger partial charge in [-0.2, -0.15) is 0 Å². The summed E-state index contributed by atoms with van der Waals surface area (Å²) in [4.78, 5) is 2.57. The number of hydrogen-bond acceptors (Lipinski definition) is 1. The lowest BCUT2D eigenvalue weighted by Crippen LogP contribution is -2.38. The fourth-order valence-corrected chi connectivity index (χ4v) is 2.92. The van der Waals surface area contributed by atoms with Crippen LogP contribution in [0.4, 0.5) is 0 Å². The number of halogens is 2. The Labute approximate surface area is 114 Å². The fraction of sp³-hybridized carbons (Fsp3) is 0.571. The maximum absolute atomic E-state index is 6.05. The van der Waals surface area contributed by atoms with E-state index in [1.165, 1.54) is 37.8 Å². The van der Waals surface area contributed by atoms with E-state index in [1.807, 2.05) is 12.1 Å². The van der Waals surface area contributed by atoms with Crippen molar-refractivity contribution >= 4 is 23.2 Å². The maximum atomic E-state index is 6.05. The van der Waals surface area contributed by atoms with Crippen molar-refractivity contribution in [1.82, 2.24) is 4.90 Å². The Kier molecular flexibility index (Phi) is 4.72. The molecule has 0 saturated carbocycles. The van der Waals surface area contributed by atoms with Crippen molar-refractivity contribution in [1.29, 1.82) is 0 Å². The second-order valence-corrected chi connectivity index (χ2v) is 5.59. The predicted molar refractivity (Wildman–Crippen MR) is 74.8 cm³/mol. The summed E-state index contributed by atoms with van der Waals surface area (Å²) in [6.45, 7) is 4.48. The Hall–Kier alpha value is -0.240. The highest BCUT2D eigenvalue weighted by molar-refractivity contribution is 6.42. The van der Waals surface area contributed by atoms with Crippen LogP contribution in [0, 0.1) is 0 Å². The first kappa shape index (κ1) is 13.2. The molecule has 0 aromatic heterocycles. The molecular weight excluding hydrogens is 253 g/mol. The molecule has 0 radical (unpaired) electrons. The minimum atomic E-state index is 0.640. The molecule has 1 atom stereocenters. The summed E-state index contributed by atoms with van der Waals surface area (Å²) in [6, 6.07) is 6.70. The molecule has 0 bridgehead atoms. The molecule has 1 fully saturated rings. The van der Waals surface area contributed by atoms with Crippen LogP contribution >= 0.6 is 23.2 Å². The predicted octanol–water partition coefficient (Wildman–Crippen LogP) is 4.76. The van der Waals surface area contributed by atoms with Gasteiger partial charge in [-0.25, -0.2) is 0 Å². The van der Waals surface area contributed by atoms with Crippen molar-refractivity contribution < 1.29 is 0 Å². The molecule has 2 rings (SSSR count). The van der Waals surface area contributed by atoms with Crippen molar-refractivity contribution in [3.05, 3.63) is 33.8 Å². The van der Waals surface area contributed by atoms with Crippen LogP contribution in [0.5, 0.6) is 0 Å². The minimum Gasteiger partial charge on any atom is -0.296 e. The summed E-state index contributed by atoms with van der Waals surface area (Å²) in [5.74, 6) is 0. The van der Waals surface area contributed by atoms with Crippen LogP contribution in [0.2, 0.25) is 10.0 Å². The first-order valence-electron chi connectivity index (χ1n) is 6.38. The Morgan fingerprint density at radius 3 is 2.76 bits per heavy atom. The maximum Gasteiger partial charge on any atom is 0.0595 e. The molecule has 0 amide bonds. The highest BCUT2D eigenvalue weighted by atomic mass is 35.5.